The molecule has 1 aliphatic rings. The number of aromatic nitrogens is 2. The molecule has 0 spiro atoms. The summed E-state index contributed by atoms with van der Waals surface area (Å²) in [5, 5.41) is -0.633. The molecule has 3 heterocycles. The van der Waals surface area contributed by atoms with Crippen LogP contribution in [-0.4, -0.2) is 38.9 Å². The maximum absolute atomic E-state index is 13.1. The summed E-state index contributed by atoms with van der Waals surface area (Å²) in [5.74, 6) is 0.949. The van der Waals surface area contributed by atoms with E-state index < -0.39 is 5.25 Å². The zero-order valence-corrected chi connectivity index (χ0v) is 13.9. The van der Waals surface area contributed by atoms with Crippen LogP contribution in [0.25, 0.3) is 0 Å². The monoisotopic (exact) mass is 328 g/mol. The Morgan fingerprint density at radius 2 is 2.00 bits per heavy atom. The second-order valence-electron chi connectivity index (χ2n) is 5.40. The van der Waals surface area contributed by atoms with Crippen LogP contribution in [0.15, 0.2) is 42.9 Å². The molecule has 2 aromatic heterocycles. The number of carbonyl (C=O) groups is 2. The van der Waals surface area contributed by atoms with E-state index in [1.807, 2.05) is 12.3 Å². The van der Waals surface area contributed by atoms with Crippen molar-refractivity contribution in [3.05, 3.63) is 48.4 Å². The normalized spacial score (nSPS) is 18.7. The fourth-order valence-electron chi connectivity index (χ4n) is 2.77. The second-order valence-corrected chi connectivity index (χ2v) is 7.66. The Hall–Kier alpha value is -2.21. The summed E-state index contributed by atoms with van der Waals surface area (Å²) in [5.41, 5.74) is 1.15. The number of hydrogen-bond donors (Lipinski definition) is 0. The molecule has 5 nitrogen and oxygen atoms in total. The van der Waals surface area contributed by atoms with Crippen molar-refractivity contribution in [2.45, 2.75) is 18.6 Å². The first-order chi connectivity index (χ1) is 11.1. The van der Waals surface area contributed by atoms with Crippen molar-refractivity contribution in [2.24, 2.45) is 0 Å². The Bertz CT molecular complexity index is 736. The van der Waals surface area contributed by atoms with Crippen molar-refractivity contribution in [3.63, 3.8) is 0 Å². The van der Waals surface area contributed by atoms with Crippen molar-refractivity contribution >= 4 is 34.1 Å². The van der Waals surface area contributed by atoms with Crippen LogP contribution in [0.5, 0.6) is 0 Å². The molecular weight excluding hydrogens is 310 g/mol. The van der Waals surface area contributed by atoms with E-state index in [2.05, 4.69) is 16.9 Å². The lowest BCUT2D eigenvalue weighted by Gasteiger charge is -2.30. The molecule has 0 radical (unpaired) electrons. The summed E-state index contributed by atoms with van der Waals surface area (Å²) in [6, 6.07) is 7.06. The molecule has 118 valence electrons. The largest absolute Gasteiger partial charge is 0.294 e. The minimum atomic E-state index is -0.633. The Balaban J connectivity index is 2.13. The van der Waals surface area contributed by atoms with Gasteiger partial charge >= 0.3 is 0 Å². The van der Waals surface area contributed by atoms with Gasteiger partial charge in [-0.3, -0.25) is 19.5 Å². The molecule has 3 rings (SSSR count). The summed E-state index contributed by atoms with van der Waals surface area (Å²) >= 11 is 0. The number of hydrogen-bond acceptors (Lipinski definition) is 4. The average molecular weight is 328 g/mol. The van der Waals surface area contributed by atoms with E-state index in [0.29, 0.717) is 17.1 Å². The fraction of sp³-hybridized carbons (Fsp3) is 0.294. The lowest BCUT2D eigenvalue weighted by Crippen LogP contribution is -2.50. The molecule has 0 bridgehead atoms. The Morgan fingerprint density at radius 3 is 2.70 bits per heavy atom. The van der Waals surface area contributed by atoms with Gasteiger partial charge in [-0.15, -0.1) is 0 Å². The minimum absolute atomic E-state index is 0.113. The molecule has 0 saturated carbocycles. The summed E-state index contributed by atoms with van der Waals surface area (Å²) < 4.78 is 0. The van der Waals surface area contributed by atoms with E-state index in [1.54, 1.807) is 36.8 Å². The van der Waals surface area contributed by atoms with Gasteiger partial charge in [-0.25, -0.2) is 4.98 Å². The van der Waals surface area contributed by atoms with Gasteiger partial charge in [-0.05, 0) is 30.7 Å². The van der Waals surface area contributed by atoms with E-state index in [1.165, 1.54) is 4.90 Å². The van der Waals surface area contributed by atoms with E-state index >= 15 is 0 Å². The molecule has 1 aliphatic heterocycles. The van der Waals surface area contributed by atoms with Gasteiger partial charge in [-0.2, -0.15) is 0 Å². The van der Waals surface area contributed by atoms with Crippen molar-refractivity contribution in [1.29, 1.82) is 0 Å². The van der Waals surface area contributed by atoms with Gasteiger partial charge in [0, 0.05) is 23.3 Å². The molecule has 2 aromatic rings. The lowest BCUT2D eigenvalue weighted by molar-refractivity contribution is -0.116. The molecule has 2 atom stereocenters. The smallest absolute Gasteiger partial charge is 0.288 e. The summed E-state index contributed by atoms with van der Waals surface area (Å²) in [6.45, 7) is 2.07. The lowest BCUT2D eigenvalue weighted by atomic mass is 10.0. The Kier molecular flexibility index (Phi) is 4.43. The van der Waals surface area contributed by atoms with E-state index in [0.717, 1.165) is 12.2 Å². The van der Waals surface area contributed by atoms with Gasteiger partial charge in [0.25, 0.3) is 11.2 Å². The van der Waals surface area contributed by atoms with Crippen LogP contribution in [0.1, 0.15) is 23.7 Å². The maximum Gasteiger partial charge on any atom is 0.294 e. The maximum atomic E-state index is 13.1. The van der Waals surface area contributed by atoms with Gasteiger partial charge in [0.15, 0.2) is 5.82 Å². The van der Waals surface area contributed by atoms with Crippen molar-refractivity contribution < 1.29 is 9.59 Å². The molecular formula is C17H18N3O2S+. The highest BCUT2D eigenvalue weighted by Crippen LogP contribution is 2.34. The van der Waals surface area contributed by atoms with Crippen LogP contribution in [0.3, 0.4) is 0 Å². The molecule has 0 aromatic carbocycles. The molecule has 0 fully saturated rings. The zero-order chi connectivity index (χ0) is 16.4. The summed E-state index contributed by atoms with van der Waals surface area (Å²) in [4.78, 5) is 35.8. The SMILES string of the molecule is CCC[S+](C)C1C(=O)c2cccnc2N(c2cccnc2)C1=O. The quantitative estimate of drug-likeness (QED) is 0.638. The Morgan fingerprint density at radius 1 is 1.22 bits per heavy atom. The Labute approximate surface area is 138 Å². The summed E-state index contributed by atoms with van der Waals surface area (Å²) in [6.07, 6.45) is 7.81. The second kappa shape index (κ2) is 6.50. The molecule has 1 amide bonds. The number of pyridine rings is 2. The number of rotatable bonds is 4. The van der Waals surface area contributed by atoms with Crippen molar-refractivity contribution in [1.82, 2.24) is 9.97 Å². The third kappa shape index (κ3) is 2.74. The number of ketones is 1. The first-order valence-corrected chi connectivity index (χ1v) is 9.36. The number of nitrogens with zero attached hydrogens (tertiary/aromatic N) is 3. The van der Waals surface area contributed by atoms with Gasteiger partial charge in [0.1, 0.15) is 5.75 Å². The van der Waals surface area contributed by atoms with E-state index in [4.69, 9.17) is 0 Å². The first kappa shape index (κ1) is 15.7. The van der Waals surface area contributed by atoms with Gasteiger partial charge in [0.05, 0.1) is 23.7 Å². The van der Waals surface area contributed by atoms with Crippen LogP contribution in [0.4, 0.5) is 11.5 Å². The number of Topliss-reactive ketones (excluding diaryl/α,β-unsaturated/α-hetero) is 1. The number of anilines is 2. The predicted molar refractivity (Wildman–Crippen MR) is 92.2 cm³/mol. The van der Waals surface area contributed by atoms with Crippen LogP contribution in [0.2, 0.25) is 0 Å². The van der Waals surface area contributed by atoms with Crippen LogP contribution in [-0.2, 0) is 15.7 Å². The van der Waals surface area contributed by atoms with Crippen molar-refractivity contribution in [2.75, 3.05) is 16.9 Å². The fourth-order valence-corrected chi connectivity index (χ4v) is 4.59. The predicted octanol–water partition coefficient (Wildman–Crippen LogP) is 2.36. The van der Waals surface area contributed by atoms with Crippen LogP contribution >= 0.6 is 0 Å². The van der Waals surface area contributed by atoms with E-state index in [9.17, 15) is 9.59 Å². The number of carbonyl (C=O) groups excluding carboxylic acids is 2. The number of fused-ring (bicyclic) bond motifs is 1. The highest BCUT2D eigenvalue weighted by atomic mass is 32.2. The van der Waals surface area contributed by atoms with Crippen molar-refractivity contribution in [3.8, 4) is 0 Å². The van der Waals surface area contributed by atoms with Gasteiger partial charge in [0.2, 0.25) is 5.78 Å². The molecule has 0 N–H and O–H groups in total. The third-order valence-corrected chi connectivity index (χ3v) is 6.05. The first-order valence-electron chi connectivity index (χ1n) is 7.49. The van der Waals surface area contributed by atoms with Gasteiger partial charge in [-0.1, -0.05) is 6.92 Å². The van der Waals surface area contributed by atoms with Crippen LogP contribution in [0, 0.1) is 0 Å². The minimum Gasteiger partial charge on any atom is -0.288 e. The average Bonchev–Trinajstić information content (AvgIpc) is 2.56. The molecule has 0 aliphatic carbocycles. The highest BCUT2D eigenvalue weighted by molar-refractivity contribution is 7.98. The third-order valence-electron chi connectivity index (χ3n) is 3.78. The van der Waals surface area contributed by atoms with Crippen LogP contribution < -0.4 is 4.90 Å². The summed E-state index contributed by atoms with van der Waals surface area (Å²) in [7, 11) is -0.307. The van der Waals surface area contributed by atoms with Gasteiger partial charge < -0.3 is 0 Å². The molecule has 6 heteroatoms. The molecule has 0 saturated heterocycles. The highest BCUT2D eigenvalue weighted by Gasteiger charge is 2.49. The topological polar surface area (TPSA) is 63.2 Å². The van der Waals surface area contributed by atoms with E-state index in [-0.39, 0.29) is 22.6 Å². The molecule has 23 heavy (non-hydrogen) atoms. The zero-order valence-electron chi connectivity index (χ0n) is 13.1. The number of amides is 1. The molecule has 2 unspecified atom stereocenters. The standard InChI is InChI=1S/C17H18N3O2S/c1-3-10-23(2)15-14(21)13-7-5-9-19-16(13)20(17(15)22)12-6-4-8-18-11-12/h4-9,11,15H,3,10H2,1-2H3/q+1.